The van der Waals surface area contributed by atoms with Gasteiger partial charge in [0.25, 0.3) is 5.91 Å². The van der Waals surface area contributed by atoms with Crippen molar-refractivity contribution in [2.45, 2.75) is 33.2 Å². The van der Waals surface area contributed by atoms with Gasteiger partial charge in [-0.2, -0.15) is 0 Å². The Morgan fingerprint density at radius 2 is 1.81 bits per heavy atom. The van der Waals surface area contributed by atoms with Crippen molar-refractivity contribution in [3.05, 3.63) is 59.7 Å². The van der Waals surface area contributed by atoms with Gasteiger partial charge in [0.15, 0.2) is 18.1 Å². The number of unbranched alkanes of at least 4 members (excludes halogenated alkanes) is 1. The van der Waals surface area contributed by atoms with Gasteiger partial charge in [-0.25, -0.2) is 4.79 Å². The summed E-state index contributed by atoms with van der Waals surface area (Å²) in [6.45, 7) is 5.04. The van der Waals surface area contributed by atoms with Gasteiger partial charge in [-0.1, -0.05) is 37.6 Å². The molecule has 7 heteroatoms. The Bertz CT molecular complexity index is 909. The Balaban J connectivity index is 1.84. The minimum absolute atomic E-state index is 0.281. The molecule has 0 spiro atoms. The predicted octanol–water partition coefficient (Wildman–Crippen LogP) is 4.15. The molecule has 172 valence electrons. The van der Waals surface area contributed by atoms with E-state index in [-0.39, 0.29) is 13.2 Å². The van der Waals surface area contributed by atoms with Gasteiger partial charge in [0, 0.05) is 18.2 Å². The Morgan fingerprint density at radius 1 is 1.00 bits per heavy atom. The molecular formula is C25H31NO6. The second-order valence-electron chi connectivity index (χ2n) is 6.87. The number of esters is 1. The van der Waals surface area contributed by atoms with Gasteiger partial charge in [0.2, 0.25) is 0 Å². The van der Waals surface area contributed by atoms with Crippen molar-refractivity contribution in [1.82, 2.24) is 5.32 Å². The molecule has 2 rings (SSSR count). The monoisotopic (exact) mass is 441 g/mol. The van der Waals surface area contributed by atoms with Crippen molar-refractivity contribution in [2.24, 2.45) is 0 Å². The molecule has 0 saturated heterocycles. The molecule has 0 unspecified atom stereocenters. The van der Waals surface area contributed by atoms with E-state index in [0.29, 0.717) is 30.5 Å². The Hall–Kier alpha value is -3.48. The van der Waals surface area contributed by atoms with Gasteiger partial charge in [-0.3, -0.25) is 4.79 Å². The van der Waals surface area contributed by atoms with Crippen LogP contribution in [0.1, 0.15) is 37.8 Å². The van der Waals surface area contributed by atoms with E-state index in [4.69, 9.17) is 18.9 Å². The smallest absolute Gasteiger partial charge is 0.331 e. The number of amides is 1. The number of rotatable bonds is 13. The fraction of sp³-hybridized carbons (Fsp3) is 0.360. The first-order valence-corrected chi connectivity index (χ1v) is 10.7. The quantitative estimate of drug-likeness (QED) is 0.286. The van der Waals surface area contributed by atoms with E-state index in [1.165, 1.54) is 6.08 Å². The third-order valence-electron chi connectivity index (χ3n) is 4.45. The van der Waals surface area contributed by atoms with Crippen molar-refractivity contribution in [2.75, 3.05) is 26.9 Å². The number of nitrogens with one attached hydrogen (secondary N) is 1. The molecule has 0 aromatic heterocycles. The summed E-state index contributed by atoms with van der Waals surface area (Å²) in [6.07, 6.45) is 4.89. The van der Waals surface area contributed by atoms with Gasteiger partial charge >= 0.3 is 5.97 Å². The van der Waals surface area contributed by atoms with Crippen LogP contribution in [0.2, 0.25) is 0 Å². The first-order valence-electron chi connectivity index (χ1n) is 10.7. The van der Waals surface area contributed by atoms with Crippen LogP contribution in [-0.2, 0) is 20.9 Å². The number of methoxy groups -OCH3 is 1. The maximum absolute atomic E-state index is 12.0. The highest BCUT2D eigenvalue weighted by molar-refractivity contribution is 5.89. The summed E-state index contributed by atoms with van der Waals surface area (Å²) in [5.41, 5.74) is 1.59. The highest BCUT2D eigenvalue weighted by atomic mass is 16.5. The molecule has 0 atom stereocenters. The zero-order valence-corrected chi connectivity index (χ0v) is 18.9. The number of carbonyl (C=O) groups is 2. The standard InChI is InChI=1S/C25H31NO6/c1-4-6-15-31-22-13-11-19(16-23(22)30-5-2)12-14-25(28)32-18-24(27)26-17-20-9-7-8-10-21(20)29-3/h7-14,16H,4-6,15,17-18H2,1-3H3,(H,26,27)/b14-12+. The lowest BCUT2D eigenvalue weighted by Crippen LogP contribution is -2.28. The lowest BCUT2D eigenvalue weighted by atomic mass is 10.2. The minimum atomic E-state index is -0.612. The van der Waals surface area contributed by atoms with E-state index in [1.54, 1.807) is 19.3 Å². The molecule has 32 heavy (non-hydrogen) atoms. The molecule has 0 radical (unpaired) electrons. The number of carbonyl (C=O) groups excluding carboxylic acids is 2. The summed E-state index contributed by atoms with van der Waals surface area (Å²) in [7, 11) is 1.57. The lowest BCUT2D eigenvalue weighted by molar-refractivity contribution is -0.143. The van der Waals surface area contributed by atoms with E-state index >= 15 is 0 Å². The maximum atomic E-state index is 12.0. The SMILES string of the molecule is CCCCOc1ccc(/C=C/C(=O)OCC(=O)NCc2ccccc2OC)cc1OCC. The van der Waals surface area contributed by atoms with Crippen LogP contribution in [0.3, 0.4) is 0 Å². The number of ether oxygens (including phenoxy) is 4. The first kappa shape index (κ1) is 24.8. The molecule has 1 N–H and O–H groups in total. The number of para-hydroxylation sites is 1. The molecule has 0 fully saturated rings. The normalized spacial score (nSPS) is 10.6. The van der Waals surface area contributed by atoms with Crippen LogP contribution in [0.4, 0.5) is 0 Å². The van der Waals surface area contributed by atoms with Crippen molar-refractivity contribution in [1.29, 1.82) is 0 Å². The van der Waals surface area contributed by atoms with Crippen LogP contribution in [0, 0.1) is 0 Å². The van der Waals surface area contributed by atoms with E-state index in [2.05, 4.69) is 12.2 Å². The average Bonchev–Trinajstić information content (AvgIpc) is 2.81. The minimum Gasteiger partial charge on any atom is -0.496 e. The van der Waals surface area contributed by atoms with Crippen LogP contribution in [0.25, 0.3) is 6.08 Å². The van der Waals surface area contributed by atoms with Crippen LogP contribution in [0.15, 0.2) is 48.5 Å². The molecule has 0 heterocycles. The van der Waals surface area contributed by atoms with Crippen molar-refractivity contribution < 1.29 is 28.5 Å². The van der Waals surface area contributed by atoms with Crippen LogP contribution in [0.5, 0.6) is 17.2 Å². The summed E-state index contributed by atoms with van der Waals surface area (Å²) in [5, 5.41) is 2.70. The summed E-state index contributed by atoms with van der Waals surface area (Å²) >= 11 is 0. The summed E-state index contributed by atoms with van der Waals surface area (Å²) < 4.78 is 21.6. The summed E-state index contributed by atoms with van der Waals surface area (Å²) in [4.78, 5) is 24.0. The average molecular weight is 442 g/mol. The third-order valence-corrected chi connectivity index (χ3v) is 4.45. The molecule has 0 aliphatic heterocycles. The number of benzene rings is 2. The van der Waals surface area contributed by atoms with Gasteiger partial charge < -0.3 is 24.3 Å². The van der Waals surface area contributed by atoms with E-state index in [9.17, 15) is 9.59 Å². The number of hydrogen-bond acceptors (Lipinski definition) is 6. The molecule has 0 bridgehead atoms. The maximum Gasteiger partial charge on any atom is 0.331 e. The Kier molecular flexibility index (Phi) is 10.6. The summed E-state index contributed by atoms with van der Waals surface area (Å²) in [5.74, 6) is 0.964. The van der Waals surface area contributed by atoms with Crippen LogP contribution >= 0.6 is 0 Å². The van der Waals surface area contributed by atoms with E-state index in [1.807, 2.05) is 43.3 Å². The van der Waals surface area contributed by atoms with Crippen LogP contribution < -0.4 is 19.5 Å². The van der Waals surface area contributed by atoms with Crippen molar-refractivity contribution >= 4 is 18.0 Å². The molecule has 2 aromatic rings. The van der Waals surface area contributed by atoms with Gasteiger partial charge in [-0.15, -0.1) is 0 Å². The van der Waals surface area contributed by atoms with Crippen molar-refractivity contribution in [3.63, 3.8) is 0 Å². The highest BCUT2D eigenvalue weighted by Gasteiger charge is 2.08. The topological polar surface area (TPSA) is 83.1 Å². The molecule has 0 saturated carbocycles. The second kappa shape index (κ2) is 13.7. The fourth-order valence-electron chi connectivity index (χ4n) is 2.79. The molecule has 2 aromatic carbocycles. The van der Waals surface area contributed by atoms with Gasteiger partial charge in [0.05, 0.1) is 20.3 Å². The highest BCUT2D eigenvalue weighted by Crippen LogP contribution is 2.29. The van der Waals surface area contributed by atoms with E-state index < -0.39 is 11.9 Å². The molecular weight excluding hydrogens is 410 g/mol. The Morgan fingerprint density at radius 3 is 2.56 bits per heavy atom. The van der Waals surface area contributed by atoms with E-state index in [0.717, 1.165) is 24.0 Å². The third kappa shape index (κ3) is 8.34. The van der Waals surface area contributed by atoms with Gasteiger partial charge in [0.1, 0.15) is 5.75 Å². The zero-order chi connectivity index (χ0) is 23.2. The fourth-order valence-corrected chi connectivity index (χ4v) is 2.79. The first-order chi connectivity index (χ1) is 15.6. The Labute approximate surface area is 189 Å². The number of hydrogen-bond donors (Lipinski definition) is 1. The zero-order valence-electron chi connectivity index (χ0n) is 18.9. The molecule has 7 nitrogen and oxygen atoms in total. The largest absolute Gasteiger partial charge is 0.496 e. The second-order valence-corrected chi connectivity index (χ2v) is 6.87. The van der Waals surface area contributed by atoms with Crippen molar-refractivity contribution in [3.8, 4) is 17.2 Å². The molecule has 0 aliphatic rings. The molecule has 1 amide bonds. The van der Waals surface area contributed by atoms with Gasteiger partial charge in [-0.05, 0) is 43.2 Å². The van der Waals surface area contributed by atoms with Crippen LogP contribution in [-0.4, -0.2) is 38.8 Å². The predicted molar refractivity (Wildman–Crippen MR) is 123 cm³/mol. The lowest BCUT2D eigenvalue weighted by Gasteiger charge is -2.12. The summed E-state index contributed by atoms with van der Waals surface area (Å²) in [6, 6.07) is 12.8. The molecule has 0 aliphatic carbocycles.